The van der Waals surface area contributed by atoms with Crippen LogP contribution in [-0.2, 0) is 11.2 Å². The number of benzene rings is 1. The predicted octanol–water partition coefficient (Wildman–Crippen LogP) is 2.15. The van der Waals surface area contributed by atoms with Crippen LogP contribution >= 0.6 is 0 Å². The van der Waals surface area contributed by atoms with Gasteiger partial charge in [-0.1, -0.05) is 36.8 Å². The van der Waals surface area contributed by atoms with Gasteiger partial charge in [0.05, 0.1) is 0 Å². The quantitative estimate of drug-likeness (QED) is 0.798. The average molecular weight is 317 g/mol. The molecule has 0 saturated carbocycles. The van der Waals surface area contributed by atoms with Crippen LogP contribution in [0.5, 0.6) is 0 Å². The van der Waals surface area contributed by atoms with E-state index >= 15 is 0 Å². The van der Waals surface area contributed by atoms with E-state index in [1.807, 2.05) is 6.07 Å². The monoisotopic (exact) mass is 317 g/mol. The summed E-state index contributed by atoms with van der Waals surface area (Å²) in [5, 5.41) is 3.07. The van der Waals surface area contributed by atoms with Crippen LogP contribution in [-0.4, -0.2) is 62.0 Å². The molecule has 0 aromatic heterocycles. The average Bonchev–Trinajstić information content (AvgIpc) is 2.56. The highest BCUT2D eigenvalue weighted by atomic mass is 16.1. The maximum Gasteiger partial charge on any atom is 0.221 e. The number of rotatable bonds is 8. The van der Waals surface area contributed by atoms with Crippen molar-refractivity contribution < 1.29 is 4.79 Å². The number of hydrogen-bond donors (Lipinski definition) is 1. The van der Waals surface area contributed by atoms with Crippen LogP contribution in [0, 0.1) is 0 Å². The fraction of sp³-hybridized carbons (Fsp3) is 0.632. The molecule has 1 atom stereocenters. The zero-order chi connectivity index (χ0) is 16.5. The summed E-state index contributed by atoms with van der Waals surface area (Å²) in [6.45, 7) is 3.78. The minimum atomic E-state index is 0.195. The van der Waals surface area contributed by atoms with Gasteiger partial charge in [-0.3, -0.25) is 4.79 Å². The van der Waals surface area contributed by atoms with Crippen LogP contribution in [0.2, 0.25) is 0 Å². The van der Waals surface area contributed by atoms with Crippen molar-refractivity contribution in [1.82, 2.24) is 15.1 Å². The molecule has 2 rings (SSSR count). The molecule has 1 aliphatic heterocycles. The number of likely N-dealkylation sites (tertiary alicyclic amines) is 1. The SMILES string of the molecule is CN(CCNC(=O)C[C@@H]1CCCCN1C)CCc1ccccc1. The Morgan fingerprint density at radius 1 is 1.26 bits per heavy atom. The Bertz CT molecular complexity index is 463. The van der Waals surface area contributed by atoms with E-state index in [0.29, 0.717) is 12.5 Å². The van der Waals surface area contributed by atoms with Crippen LogP contribution in [0.1, 0.15) is 31.2 Å². The van der Waals surface area contributed by atoms with E-state index < -0.39 is 0 Å². The first-order chi connectivity index (χ1) is 11.1. The van der Waals surface area contributed by atoms with Crippen LogP contribution < -0.4 is 5.32 Å². The summed E-state index contributed by atoms with van der Waals surface area (Å²) in [6, 6.07) is 11.0. The Hall–Kier alpha value is -1.39. The maximum atomic E-state index is 12.1. The second-order valence-electron chi connectivity index (χ2n) is 6.72. The third-order valence-electron chi connectivity index (χ3n) is 4.78. The molecule has 4 nitrogen and oxygen atoms in total. The molecule has 128 valence electrons. The number of nitrogens with zero attached hydrogens (tertiary/aromatic N) is 2. The Labute approximate surface area is 140 Å². The lowest BCUT2D eigenvalue weighted by atomic mass is 10.00. The molecular formula is C19H31N3O. The summed E-state index contributed by atoms with van der Waals surface area (Å²) in [7, 11) is 4.25. The van der Waals surface area contributed by atoms with Crippen molar-refractivity contribution in [1.29, 1.82) is 0 Å². The largest absolute Gasteiger partial charge is 0.355 e. The van der Waals surface area contributed by atoms with E-state index in [9.17, 15) is 4.79 Å². The van der Waals surface area contributed by atoms with Gasteiger partial charge >= 0.3 is 0 Å². The van der Waals surface area contributed by atoms with Gasteiger partial charge in [0.25, 0.3) is 0 Å². The Balaban J connectivity index is 1.57. The van der Waals surface area contributed by atoms with E-state index in [-0.39, 0.29) is 5.91 Å². The lowest BCUT2D eigenvalue weighted by Crippen LogP contribution is -2.41. The van der Waals surface area contributed by atoms with E-state index in [1.165, 1.54) is 18.4 Å². The van der Waals surface area contributed by atoms with Crippen molar-refractivity contribution in [3.05, 3.63) is 35.9 Å². The van der Waals surface area contributed by atoms with Gasteiger partial charge in [0.2, 0.25) is 5.91 Å². The minimum Gasteiger partial charge on any atom is -0.355 e. The topological polar surface area (TPSA) is 35.6 Å². The smallest absolute Gasteiger partial charge is 0.221 e. The highest BCUT2D eigenvalue weighted by Gasteiger charge is 2.21. The van der Waals surface area contributed by atoms with Gasteiger partial charge in [0.1, 0.15) is 0 Å². The lowest BCUT2D eigenvalue weighted by Gasteiger charge is -2.32. The standard InChI is InChI=1S/C19H31N3O/c1-21(14-11-17-8-4-3-5-9-17)15-12-20-19(23)16-18-10-6-7-13-22(18)2/h3-5,8-9,18H,6-7,10-16H2,1-2H3,(H,20,23)/t18-/m0/s1. The molecule has 23 heavy (non-hydrogen) atoms. The highest BCUT2D eigenvalue weighted by Crippen LogP contribution is 2.17. The zero-order valence-electron chi connectivity index (χ0n) is 14.6. The summed E-state index contributed by atoms with van der Waals surface area (Å²) in [4.78, 5) is 16.7. The van der Waals surface area contributed by atoms with Crippen molar-refractivity contribution in [3.8, 4) is 0 Å². The number of likely N-dealkylation sites (N-methyl/N-ethyl adjacent to an activating group) is 1. The summed E-state index contributed by atoms with van der Waals surface area (Å²) < 4.78 is 0. The van der Waals surface area contributed by atoms with Crippen LogP contribution in [0.15, 0.2) is 30.3 Å². The number of amides is 1. The van der Waals surface area contributed by atoms with Gasteiger partial charge in [-0.2, -0.15) is 0 Å². The first kappa shape index (κ1) is 18.0. The molecule has 1 aromatic carbocycles. The minimum absolute atomic E-state index is 0.195. The Morgan fingerprint density at radius 3 is 2.78 bits per heavy atom. The van der Waals surface area contributed by atoms with E-state index in [2.05, 4.69) is 53.5 Å². The number of nitrogens with one attached hydrogen (secondary N) is 1. The molecule has 1 aromatic rings. The third-order valence-corrected chi connectivity index (χ3v) is 4.78. The molecule has 4 heteroatoms. The molecule has 0 aliphatic carbocycles. The summed E-state index contributed by atoms with van der Waals surface area (Å²) >= 11 is 0. The normalized spacial score (nSPS) is 19.0. The summed E-state index contributed by atoms with van der Waals surface area (Å²) in [6.07, 6.45) is 5.37. The van der Waals surface area contributed by atoms with E-state index in [0.717, 1.165) is 39.0 Å². The van der Waals surface area contributed by atoms with Gasteiger partial charge in [0, 0.05) is 32.1 Å². The van der Waals surface area contributed by atoms with Crippen LogP contribution in [0.25, 0.3) is 0 Å². The van der Waals surface area contributed by atoms with Crippen molar-refractivity contribution in [2.24, 2.45) is 0 Å². The predicted molar refractivity (Wildman–Crippen MR) is 95.5 cm³/mol. The van der Waals surface area contributed by atoms with Crippen LogP contribution in [0.4, 0.5) is 0 Å². The molecule has 1 heterocycles. The van der Waals surface area contributed by atoms with Crippen LogP contribution in [0.3, 0.4) is 0 Å². The fourth-order valence-corrected chi connectivity index (χ4v) is 3.15. The molecule has 1 saturated heterocycles. The molecule has 1 aliphatic rings. The molecule has 0 spiro atoms. The molecule has 1 fully saturated rings. The molecular weight excluding hydrogens is 286 g/mol. The maximum absolute atomic E-state index is 12.1. The van der Waals surface area contributed by atoms with Crippen molar-refractivity contribution >= 4 is 5.91 Å². The van der Waals surface area contributed by atoms with Gasteiger partial charge in [-0.25, -0.2) is 0 Å². The third kappa shape index (κ3) is 6.71. The Morgan fingerprint density at radius 2 is 2.04 bits per heavy atom. The van der Waals surface area contributed by atoms with E-state index in [1.54, 1.807) is 0 Å². The van der Waals surface area contributed by atoms with Crippen molar-refractivity contribution in [2.75, 3.05) is 40.3 Å². The van der Waals surface area contributed by atoms with Crippen molar-refractivity contribution in [2.45, 2.75) is 38.1 Å². The molecule has 0 bridgehead atoms. The molecule has 1 N–H and O–H groups in total. The van der Waals surface area contributed by atoms with Crippen molar-refractivity contribution in [3.63, 3.8) is 0 Å². The summed E-state index contributed by atoms with van der Waals surface area (Å²) in [5.41, 5.74) is 1.36. The van der Waals surface area contributed by atoms with E-state index in [4.69, 9.17) is 0 Å². The number of carbonyl (C=O) groups is 1. The molecule has 0 radical (unpaired) electrons. The number of piperidine rings is 1. The van der Waals surface area contributed by atoms with Gasteiger partial charge in [0.15, 0.2) is 0 Å². The van der Waals surface area contributed by atoms with Gasteiger partial charge < -0.3 is 15.1 Å². The lowest BCUT2D eigenvalue weighted by molar-refractivity contribution is -0.122. The zero-order valence-corrected chi connectivity index (χ0v) is 14.6. The fourth-order valence-electron chi connectivity index (χ4n) is 3.15. The number of carbonyl (C=O) groups excluding carboxylic acids is 1. The number of hydrogen-bond acceptors (Lipinski definition) is 3. The molecule has 1 amide bonds. The second kappa shape index (κ2) is 9.68. The highest BCUT2D eigenvalue weighted by molar-refractivity contribution is 5.76. The summed E-state index contributed by atoms with van der Waals surface area (Å²) in [5.74, 6) is 0.195. The Kier molecular flexibility index (Phi) is 7.56. The molecule has 0 unspecified atom stereocenters. The van der Waals surface area contributed by atoms with Gasteiger partial charge in [-0.15, -0.1) is 0 Å². The second-order valence-corrected chi connectivity index (χ2v) is 6.72. The first-order valence-corrected chi connectivity index (χ1v) is 8.84. The first-order valence-electron chi connectivity index (χ1n) is 8.84. The van der Waals surface area contributed by atoms with Gasteiger partial charge in [-0.05, 0) is 45.5 Å².